The van der Waals surface area contributed by atoms with E-state index in [-0.39, 0.29) is 24.2 Å². The lowest BCUT2D eigenvalue weighted by atomic mass is 9.98. The van der Waals surface area contributed by atoms with Gasteiger partial charge in [0.05, 0.1) is 6.07 Å². The Morgan fingerprint density at radius 2 is 1.94 bits per heavy atom. The van der Waals surface area contributed by atoms with Crippen LogP contribution >= 0.6 is 0 Å². The summed E-state index contributed by atoms with van der Waals surface area (Å²) in [6, 6.07) is 1.20. The van der Waals surface area contributed by atoms with Crippen molar-refractivity contribution in [2.45, 2.75) is 39.7 Å². The largest absolute Gasteiger partial charge is 0.368 e. The maximum absolute atomic E-state index is 11.5. The minimum Gasteiger partial charge on any atom is -0.368 e. The van der Waals surface area contributed by atoms with Gasteiger partial charge in [-0.2, -0.15) is 5.26 Å². The van der Waals surface area contributed by atoms with Gasteiger partial charge in [-0.25, -0.2) is 0 Å². The maximum Gasteiger partial charge on any atom is 0.240 e. The standard InChI is InChI=1S/C11H19N3O2/c1-7(2)6-9(15)14-10(11(13)16)8(3)4-5-12/h7-8,10H,4,6H2,1-3H3,(H2,13,16)(H,14,15)/t8-,10+/m0/s1. The highest BCUT2D eigenvalue weighted by Gasteiger charge is 2.24. The fourth-order valence-electron chi connectivity index (χ4n) is 1.36. The van der Waals surface area contributed by atoms with Gasteiger partial charge in [0.15, 0.2) is 0 Å². The molecule has 0 rings (SSSR count). The molecule has 0 bridgehead atoms. The third-order valence-corrected chi connectivity index (χ3v) is 2.20. The number of nitrogens with one attached hydrogen (secondary N) is 1. The SMILES string of the molecule is CC(C)CC(=O)N[C@@H](C(N)=O)[C@@H](C)CC#N. The molecule has 2 atom stereocenters. The van der Waals surface area contributed by atoms with Crippen molar-refractivity contribution in [3.8, 4) is 6.07 Å². The van der Waals surface area contributed by atoms with Crippen molar-refractivity contribution in [3.63, 3.8) is 0 Å². The van der Waals surface area contributed by atoms with Gasteiger partial charge in [-0.1, -0.05) is 20.8 Å². The van der Waals surface area contributed by atoms with Crippen LogP contribution in [0.4, 0.5) is 0 Å². The van der Waals surface area contributed by atoms with E-state index in [9.17, 15) is 9.59 Å². The van der Waals surface area contributed by atoms with Crippen molar-refractivity contribution in [1.29, 1.82) is 5.26 Å². The molecule has 0 aromatic rings. The van der Waals surface area contributed by atoms with Gasteiger partial charge >= 0.3 is 0 Å². The highest BCUT2D eigenvalue weighted by Crippen LogP contribution is 2.08. The molecular weight excluding hydrogens is 206 g/mol. The molecule has 3 N–H and O–H groups in total. The Balaban J connectivity index is 4.40. The third kappa shape index (κ3) is 5.35. The van der Waals surface area contributed by atoms with Crippen molar-refractivity contribution in [3.05, 3.63) is 0 Å². The van der Waals surface area contributed by atoms with Crippen molar-refractivity contribution >= 4 is 11.8 Å². The molecule has 16 heavy (non-hydrogen) atoms. The molecule has 5 nitrogen and oxygen atoms in total. The van der Waals surface area contributed by atoms with Crippen LogP contribution in [-0.4, -0.2) is 17.9 Å². The molecule has 90 valence electrons. The van der Waals surface area contributed by atoms with E-state index in [1.165, 1.54) is 0 Å². The van der Waals surface area contributed by atoms with Crippen molar-refractivity contribution in [1.82, 2.24) is 5.32 Å². The van der Waals surface area contributed by atoms with Crippen molar-refractivity contribution < 1.29 is 9.59 Å². The minimum atomic E-state index is -0.758. The van der Waals surface area contributed by atoms with Gasteiger partial charge in [0.25, 0.3) is 0 Å². The third-order valence-electron chi connectivity index (χ3n) is 2.20. The van der Waals surface area contributed by atoms with E-state index in [4.69, 9.17) is 11.0 Å². The van der Waals surface area contributed by atoms with Gasteiger partial charge in [0, 0.05) is 12.8 Å². The summed E-state index contributed by atoms with van der Waals surface area (Å²) in [5.74, 6) is -0.846. The number of hydrogen-bond donors (Lipinski definition) is 2. The Morgan fingerprint density at radius 1 is 1.38 bits per heavy atom. The maximum atomic E-state index is 11.5. The first-order chi connectivity index (χ1) is 7.38. The van der Waals surface area contributed by atoms with Crippen LogP contribution in [0.25, 0.3) is 0 Å². The molecule has 5 heteroatoms. The van der Waals surface area contributed by atoms with Gasteiger partial charge in [-0.3, -0.25) is 9.59 Å². The summed E-state index contributed by atoms with van der Waals surface area (Å²) in [5.41, 5.74) is 5.18. The molecule has 0 spiro atoms. The predicted octanol–water partition coefficient (Wildman–Crippen LogP) is 0.552. The van der Waals surface area contributed by atoms with E-state index >= 15 is 0 Å². The number of primary amides is 1. The Morgan fingerprint density at radius 3 is 2.31 bits per heavy atom. The second-order valence-electron chi connectivity index (χ2n) is 4.39. The molecular formula is C11H19N3O2. The van der Waals surface area contributed by atoms with Gasteiger partial charge < -0.3 is 11.1 Å². The smallest absolute Gasteiger partial charge is 0.240 e. The Bertz CT molecular complexity index is 294. The number of nitriles is 1. The van der Waals surface area contributed by atoms with E-state index < -0.39 is 11.9 Å². The quantitative estimate of drug-likeness (QED) is 0.691. The first-order valence-electron chi connectivity index (χ1n) is 5.34. The first-order valence-corrected chi connectivity index (χ1v) is 5.34. The monoisotopic (exact) mass is 225 g/mol. The molecule has 0 aliphatic rings. The van der Waals surface area contributed by atoms with E-state index in [1.807, 2.05) is 19.9 Å². The van der Waals surface area contributed by atoms with E-state index in [2.05, 4.69) is 5.32 Å². The molecule has 0 fully saturated rings. The highest BCUT2D eigenvalue weighted by atomic mass is 16.2. The lowest BCUT2D eigenvalue weighted by molar-refractivity contribution is -0.128. The Labute approximate surface area is 96.0 Å². The fourth-order valence-corrected chi connectivity index (χ4v) is 1.36. The second-order valence-corrected chi connectivity index (χ2v) is 4.39. The fraction of sp³-hybridized carbons (Fsp3) is 0.727. The molecule has 0 unspecified atom stereocenters. The molecule has 0 aromatic carbocycles. The van der Waals surface area contributed by atoms with Crippen LogP contribution < -0.4 is 11.1 Å². The van der Waals surface area contributed by atoms with Gasteiger partial charge in [-0.15, -0.1) is 0 Å². The van der Waals surface area contributed by atoms with Crippen molar-refractivity contribution in [2.75, 3.05) is 0 Å². The summed E-state index contributed by atoms with van der Waals surface area (Å²) >= 11 is 0. The number of hydrogen-bond acceptors (Lipinski definition) is 3. The zero-order valence-electron chi connectivity index (χ0n) is 9.99. The molecule has 0 heterocycles. The number of nitrogens with two attached hydrogens (primary N) is 1. The van der Waals surface area contributed by atoms with Crippen LogP contribution in [0.5, 0.6) is 0 Å². The zero-order valence-corrected chi connectivity index (χ0v) is 9.99. The van der Waals surface area contributed by atoms with Crippen LogP contribution in [-0.2, 0) is 9.59 Å². The molecule has 0 aliphatic heterocycles. The average molecular weight is 225 g/mol. The summed E-state index contributed by atoms with van der Waals surface area (Å²) in [5, 5.41) is 11.1. The lowest BCUT2D eigenvalue weighted by Gasteiger charge is -2.20. The topological polar surface area (TPSA) is 96.0 Å². The Kier molecular flexibility index (Phi) is 6.16. The first kappa shape index (κ1) is 14.4. The second kappa shape index (κ2) is 6.83. The Hall–Kier alpha value is -1.57. The molecule has 0 aromatic heterocycles. The van der Waals surface area contributed by atoms with Crippen LogP contribution in [0.15, 0.2) is 0 Å². The molecule has 0 radical (unpaired) electrons. The summed E-state index contributed by atoms with van der Waals surface area (Å²) in [6.07, 6.45) is 0.540. The van der Waals surface area contributed by atoms with Gasteiger partial charge in [0.1, 0.15) is 6.04 Å². The van der Waals surface area contributed by atoms with E-state index in [0.717, 1.165) is 0 Å². The van der Waals surface area contributed by atoms with Gasteiger partial charge in [-0.05, 0) is 11.8 Å². The van der Waals surface area contributed by atoms with Crippen LogP contribution in [0, 0.1) is 23.2 Å². The van der Waals surface area contributed by atoms with Crippen LogP contribution in [0.2, 0.25) is 0 Å². The van der Waals surface area contributed by atoms with E-state index in [0.29, 0.717) is 6.42 Å². The summed E-state index contributed by atoms with van der Waals surface area (Å²) in [7, 11) is 0. The number of rotatable bonds is 6. The van der Waals surface area contributed by atoms with E-state index in [1.54, 1.807) is 6.92 Å². The number of carbonyl (C=O) groups is 2. The van der Waals surface area contributed by atoms with Crippen LogP contribution in [0.1, 0.15) is 33.6 Å². The van der Waals surface area contributed by atoms with Crippen molar-refractivity contribution in [2.24, 2.45) is 17.6 Å². The zero-order chi connectivity index (χ0) is 12.7. The molecule has 0 saturated carbocycles. The number of nitrogens with zero attached hydrogens (tertiary/aromatic N) is 1. The molecule has 0 saturated heterocycles. The highest BCUT2D eigenvalue weighted by molar-refractivity contribution is 5.86. The molecule has 2 amide bonds. The average Bonchev–Trinajstić information content (AvgIpc) is 2.12. The minimum absolute atomic E-state index is 0.190. The van der Waals surface area contributed by atoms with Gasteiger partial charge in [0.2, 0.25) is 11.8 Å². The number of carbonyl (C=O) groups excluding carboxylic acids is 2. The number of amides is 2. The summed E-state index contributed by atoms with van der Waals surface area (Å²) in [6.45, 7) is 5.55. The lowest BCUT2D eigenvalue weighted by Crippen LogP contribution is -2.48. The summed E-state index contributed by atoms with van der Waals surface area (Å²) in [4.78, 5) is 22.6. The predicted molar refractivity (Wildman–Crippen MR) is 60.0 cm³/mol. The molecule has 0 aliphatic carbocycles. The normalized spacial score (nSPS) is 13.9. The summed E-state index contributed by atoms with van der Waals surface area (Å²) < 4.78 is 0. The van der Waals surface area contributed by atoms with Crippen LogP contribution in [0.3, 0.4) is 0 Å².